The highest BCUT2D eigenvalue weighted by Crippen LogP contribution is 2.16. The van der Waals surface area contributed by atoms with E-state index in [1.54, 1.807) is 24.8 Å². The van der Waals surface area contributed by atoms with Crippen LogP contribution in [0, 0.1) is 12.7 Å². The molecule has 1 rings (SSSR count). The first-order chi connectivity index (χ1) is 8.04. The average Bonchev–Trinajstić information content (AvgIpc) is 2.29. The molecule has 3 nitrogen and oxygen atoms in total. The fraction of sp³-hybridized carbons (Fsp3) is 0.417. The SMILES string of the molecule is CSCC[C@H](N)C(=O)Nc1ccc(F)cc1C. The predicted molar refractivity (Wildman–Crippen MR) is 70.7 cm³/mol. The molecule has 17 heavy (non-hydrogen) atoms. The highest BCUT2D eigenvalue weighted by Gasteiger charge is 2.13. The highest BCUT2D eigenvalue weighted by atomic mass is 32.2. The quantitative estimate of drug-likeness (QED) is 0.848. The Kier molecular flexibility index (Phi) is 5.44. The van der Waals surface area contributed by atoms with Gasteiger partial charge in [0.05, 0.1) is 6.04 Å². The van der Waals surface area contributed by atoms with Gasteiger partial charge in [-0.1, -0.05) is 0 Å². The van der Waals surface area contributed by atoms with Crippen LogP contribution in [0.5, 0.6) is 0 Å². The summed E-state index contributed by atoms with van der Waals surface area (Å²) in [4.78, 5) is 11.7. The summed E-state index contributed by atoms with van der Waals surface area (Å²) in [5.41, 5.74) is 7.03. The molecule has 94 valence electrons. The van der Waals surface area contributed by atoms with E-state index in [-0.39, 0.29) is 11.7 Å². The largest absolute Gasteiger partial charge is 0.324 e. The zero-order valence-electron chi connectivity index (χ0n) is 10.00. The Morgan fingerprint density at radius 2 is 2.29 bits per heavy atom. The zero-order valence-corrected chi connectivity index (χ0v) is 10.8. The number of anilines is 1. The molecule has 0 unspecified atom stereocenters. The van der Waals surface area contributed by atoms with Gasteiger partial charge in [-0.15, -0.1) is 0 Å². The number of halogens is 1. The third-order valence-corrected chi connectivity index (χ3v) is 3.06. The molecular weight excluding hydrogens is 239 g/mol. The summed E-state index contributed by atoms with van der Waals surface area (Å²) >= 11 is 1.65. The molecule has 0 heterocycles. The second-order valence-electron chi connectivity index (χ2n) is 3.84. The maximum Gasteiger partial charge on any atom is 0.241 e. The molecule has 0 spiro atoms. The molecule has 0 aromatic heterocycles. The van der Waals surface area contributed by atoms with Gasteiger partial charge in [0.15, 0.2) is 0 Å². The molecule has 0 aliphatic rings. The Morgan fingerprint density at radius 3 is 2.88 bits per heavy atom. The topological polar surface area (TPSA) is 55.1 Å². The minimum absolute atomic E-state index is 0.228. The number of thioether (sulfide) groups is 1. The van der Waals surface area contributed by atoms with E-state index in [2.05, 4.69) is 5.32 Å². The van der Waals surface area contributed by atoms with Crippen molar-refractivity contribution in [3.63, 3.8) is 0 Å². The van der Waals surface area contributed by atoms with Crippen molar-refractivity contribution in [3.8, 4) is 0 Å². The third-order valence-electron chi connectivity index (χ3n) is 2.42. The van der Waals surface area contributed by atoms with Crippen LogP contribution < -0.4 is 11.1 Å². The average molecular weight is 256 g/mol. The number of benzene rings is 1. The first kappa shape index (κ1) is 14.0. The molecule has 5 heteroatoms. The van der Waals surface area contributed by atoms with Gasteiger partial charge in [0, 0.05) is 5.69 Å². The number of carbonyl (C=O) groups excluding carboxylic acids is 1. The van der Waals surface area contributed by atoms with Crippen molar-refractivity contribution in [2.45, 2.75) is 19.4 Å². The van der Waals surface area contributed by atoms with Gasteiger partial charge in [0.1, 0.15) is 5.82 Å². The lowest BCUT2D eigenvalue weighted by atomic mass is 10.1. The molecule has 3 N–H and O–H groups in total. The lowest BCUT2D eigenvalue weighted by Crippen LogP contribution is -2.36. The predicted octanol–water partition coefficient (Wildman–Crippen LogP) is 2.15. The minimum atomic E-state index is -0.521. The van der Waals surface area contributed by atoms with Crippen molar-refractivity contribution in [1.29, 1.82) is 0 Å². The maximum absolute atomic E-state index is 12.9. The molecule has 0 saturated carbocycles. The zero-order chi connectivity index (χ0) is 12.8. The number of carbonyl (C=O) groups is 1. The Balaban J connectivity index is 2.61. The first-order valence-electron chi connectivity index (χ1n) is 5.36. The number of aryl methyl sites for hydroxylation is 1. The third kappa shape index (κ3) is 4.36. The van der Waals surface area contributed by atoms with E-state index in [1.165, 1.54) is 12.1 Å². The Labute approximate surface area is 105 Å². The van der Waals surface area contributed by atoms with Gasteiger partial charge in [-0.25, -0.2) is 4.39 Å². The van der Waals surface area contributed by atoms with Gasteiger partial charge < -0.3 is 11.1 Å². The summed E-state index contributed by atoms with van der Waals surface area (Å²) < 4.78 is 12.9. The van der Waals surface area contributed by atoms with Crippen LogP contribution in [0.2, 0.25) is 0 Å². The van der Waals surface area contributed by atoms with E-state index in [4.69, 9.17) is 5.73 Å². The lowest BCUT2D eigenvalue weighted by molar-refractivity contribution is -0.117. The van der Waals surface area contributed by atoms with Gasteiger partial charge in [-0.3, -0.25) is 4.79 Å². The van der Waals surface area contributed by atoms with Crippen molar-refractivity contribution >= 4 is 23.4 Å². The van der Waals surface area contributed by atoms with Gasteiger partial charge in [0.2, 0.25) is 5.91 Å². The fourth-order valence-electron chi connectivity index (χ4n) is 1.37. The number of nitrogens with one attached hydrogen (secondary N) is 1. The van der Waals surface area contributed by atoms with E-state index in [0.29, 0.717) is 17.7 Å². The van der Waals surface area contributed by atoms with Gasteiger partial charge in [-0.05, 0) is 49.1 Å². The van der Waals surface area contributed by atoms with E-state index in [9.17, 15) is 9.18 Å². The number of hydrogen-bond acceptors (Lipinski definition) is 3. The summed E-state index contributed by atoms with van der Waals surface area (Å²) in [5.74, 6) is 0.303. The maximum atomic E-state index is 12.9. The van der Waals surface area contributed by atoms with Crippen molar-refractivity contribution < 1.29 is 9.18 Å². The molecule has 1 amide bonds. The van der Waals surface area contributed by atoms with Gasteiger partial charge in [0.25, 0.3) is 0 Å². The highest BCUT2D eigenvalue weighted by molar-refractivity contribution is 7.98. The van der Waals surface area contributed by atoms with E-state index in [1.807, 2.05) is 6.26 Å². The second-order valence-corrected chi connectivity index (χ2v) is 4.82. The first-order valence-corrected chi connectivity index (χ1v) is 6.75. The molecule has 1 aromatic carbocycles. The van der Waals surface area contributed by atoms with Crippen LogP contribution in [0.3, 0.4) is 0 Å². The van der Waals surface area contributed by atoms with E-state index >= 15 is 0 Å². The van der Waals surface area contributed by atoms with Gasteiger partial charge in [-0.2, -0.15) is 11.8 Å². The summed E-state index contributed by atoms with van der Waals surface area (Å²) in [5, 5.41) is 2.71. The molecule has 0 fully saturated rings. The molecule has 1 atom stereocenters. The number of hydrogen-bond donors (Lipinski definition) is 2. The minimum Gasteiger partial charge on any atom is -0.324 e. The molecule has 0 aliphatic heterocycles. The summed E-state index contributed by atoms with van der Waals surface area (Å²) in [6.07, 6.45) is 2.60. The monoisotopic (exact) mass is 256 g/mol. The van der Waals surface area contributed by atoms with Crippen molar-refractivity contribution in [3.05, 3.63) is 29.6 Å². The molecule has 0 radical (unpaired) electrons. The van der Waals surface area contributed by atoms with Crippen LogP contribution in [-0.2, 0) is 4.79 Å². The normalized spacial score (nSPS) is 12.2. The summed E-state index contributed by atoms with van der Waals surface area (Å²) in [6, 6.07) is 3.72. The van der Waals surface area contributed by atoms with Crippen LogP contribution in [-0.4, -0.2) is 24.0 Å². The molecule has 0 aliphatic carbocycles. The molecule has 0 bridgehead atoms. The Morgan fingerprint density at radius 1 is 1.59 bits per heavy atom. The molecule has 1 aromatic rings. The number of rotatable bonds is 5. The fourth-order valence-corrected chi connectivity index (χ4v) is 1.86. The van der Waals surface area contributed by atoms with Crippen LogP contribution in [0.15, 0.2) is 18.2 Å². The lowest BCUT2D eigenvalue weighted by Gasteiger charge is -2.13. The number of nitrogens with two attached hydrogens (primary N) is 1. The van der Waals surface area contributed by atoms with Crippen LogP contribution in [0.4, 0.5) is 10.1 Å². The van der Waals surface area contributed by atoms with Crippen molar-refractivity contribution in [2.24, 2.45) is 5.73 Å². The van der Waals surface area contributed by atoms with Crippen LogP contribution in [0.1, 0.15) is 12.0 Å². The standard InChI is InChI=1S/C12H17FN2OS/c1-8-7-9(13)3-4-11(8)15-12(16)10(14)5-6-17-2/h3-4,7,10H,5-6,14H2,1-2H3,(H,15,16)/t10-/m0/s1. The Hall–Kier alpha value is -1.07. The van der Waals surface area contributed by atoms with Crippen LogP contribution in [0.25, 0.3) is 0 Å². The van der Waals surface area contributed by atoms with Crippen molar-refractivity contribution in [1.82, 2.24) is 0 Å². The van der Waals surface area contributed by atoms with Crippen LogP contribution >= 0.6 is 11.8 Å². The smallest absolute Gasteiger partial charge is 0.241 e. The van der Waals surface area contributed by atoms with E-state index < -0.39 is 6.04 Å². The molecule has 0 saturated heterocycles. The number of amides is 1. The summed E-state index contributed by atoms with van der Waals surface area (Å²) in [6.45, 7) is 1.74. The van der Waals surface area contributed by atoms with Crippen molar-refractivity contribution in [2.75, 3.05) is 17.3 Å². The Bertz CT molecular complexity index is 398. The van der Waals surface area contributed by atoms with Gasteiger partial charge >= 0.3 is 0 Å². The van der Waals surface area contributed by atoms with E-state index in [0.717, 1.165) is 5.75 Å². The molecular formula is C12H17FN2OS. The second kappa shape index (κ2) is 6.61. The summed E-state index contributed by atoms with van der Waals surface area (Å²) in [7, 11) is 0.